The molecule has 4 rings (SSSR count). The average molecular weight is 330 g/mol. The van der Waals surface area contributed by atoms with Crippen molar-refractivity contribution in [1.29, 1.82) is 0 Å². The van der Waals surface area contributed by atoms with Gasteiger partial charge in [0.05, 0.1) is 25.0 Å². The summed E-state index contributed by atoms with van der Waals surface area (Å²) in [6.45, 7) is 2.94. The fourth-order valence-corrected chi connectivity index (χ4v) is 4.09. The molecule has 0 aliphatic carbocycles. The van der Waals surface area contributed by atoms with Crippen LogP contribution >= 0.6 is 11.3 Å². The van der Waals surface area contributed by atoms with Crippen molar-refractivity contribution in [1.82, 2.24) is 19.9 Å². The third-order valence-corrected chi connectivity index (χ3v) is 5.53. The zero-order chi connectivity index (χ0) is 15.7. The van der Waals surface area contributed by atoms with Crippen LogP contribution in [0.25, 0.3) is 10.7 Å². The van der Waals surface area contributed by atoms with Crippen molar-refractivity contribution >= 4 is 17.2 Å². The number of nitrogens with zero attached hydrogens (tertiary/aromatic N) is 4. The Morgan fingerprint density at radius 2 is 2.30 bits per heavy atom. The van der Waals surface area contributed by atoms with Gasteiger partial charge in [-0.1, -0.05) is 0 Å². The fourth-order valence-electron chi connectivity index (χ4n) is 3.32. The zero-order valence-corrected chi connectivity index (χ0v) is 13.6. The topological polar surface area (TPSA) is 68.2 Å². The fraction of sp³-hybridized carbons (Fsp3) is 0.500. The molecule has 4 heterocycles. The second-order valence-electron chi connectivity index (χ2n) is 6.29. The molecule has 1 unspecified atom stereocenters. The van der Waals surface area contributed by atoms with E-state index in [0.29, 0.717) is 13.0 Å². The van der Waals surface area contributed by atoms with Gasteiger partial charge in [-0.25, -0.2) is 4.98 Å². The lowest BCUT2D eigenvalue weighted by Gasteiger charge is -2.38. The molecule has 120 valence electrons. The normalized spacial score (nSPS) is 24.5. The van der Waals surface area contributed by atoms with Crippen molar-refractivity contribution in [3.8, 4) is 10.7 Å². The molecule has 23 heavy (non-hydrogen) atoms. The Bertz CT molecular complexity index is 697. The van der Waals surface area contributed by atoms with Crippen molar-refractivity contribution in [3.63, 3.8) is 0 Å². The highest BCUT2D eigenvalue weighted by atomic mass is 32.1. The first-order chi connectivity index (χ1) is 11.2. The number of carbonyl (C=O) groups is 1. The van der Waals surface area contributed by atoms with Gasteiger partial charge >= 0.3 is 0 Å². The Morgan fingerprint density at radius 3 is 3.09 bits per heavy atom. The Hall–Kier alpha value is -1.86. The summed E-state index contributed by atoms with van der Waals surface area (Å²) >= 11 is 1.54. The highest BCUT2D eigenvalue weighted by molar-refractivity contribution is 7.13. The molecular weight excluding hydrogens is 312 g/mol. The lowest BCUT2D eigenvalue weighted by atomic mass is 9.79. The molecule has 0 bridgehead atoms. The van der Waals surface area contributed by atoms with E-state index in [4.69, 9.17) is 4.74 Å². The van der Waals surface area contributed by atoms with E-state index in [1.165, 1.54) is 11.3 Å². The Morgan fingerprint density at radius 1 is 1.35 bits per heavy atom. The van der Waals surface area contributed by atoms with Crippen LogP contribution in [-0.4, -0.2) is 45.5 Å². The molecule has 2 aromatic rings. The summed E-state index contributed by atoms with van der Waals surface area (Å²) < 4.78 is 5.57. The van der Waals surface area contributed by atoms with Crippen LogP contribution in [0.1, 0.15) is 25.0 Å². The number of thiazole rings is 1. The molecule has 0 saturated carbocycles. The highest BCUT2D eigenvalue weighted by Gasteiger charge is 2.41. The predicted octanol–water partition coefficient (Wildman–Crippen LogP) is 2.13. The van der Waals surface area contributed by atoms with E-state index in [-0.39, 0.29) is 11.3 Å². The molecule has 2 fully saturated rings. The van der Waals surface area contributed by atoms with Crippen LogP contribution in [0.3, 0.4) is 0 Å². The number of aromatic nitrogens is 3. The number of rotatable bonds is 3. The van der Waals surface area contributed by atoms with E-state index in [2.05, 4.69) is 15.0 Å². The third-order valence-electron chi connectivity index (χ3n) is 4.62. The SMILES string of the molecule is O=C1CCC2(CCOC2)CN1Cc1csc(-c2cnccn2)n1. The van der Waals surface area contributed by atoms with Gasteiger partial charge in [0.15, 0.2) is 0 Å². The predicted molar refractivity (Wildman–Crippen MR) is 85.7 cm³/mol. The number of piperidine rings is 1. The Kier molecular flexibility index (Phi) is 3.82. The molecule has 1 spiro atoms. The van der Waals surface area contributed by atoms with Gasteiger partial charge < -0.3 is 9.64 Å². The number of ether oxygens (including phenoxy) is 1. The lowest BCUT2D eigenvalue weighted by Crippen LogP contribution is -2.46. The summed E-state index contributed by atoms with van der Waals surface area (Å²) in [5.74, 6) is 0.219. The van der Waals surface area contributed by atoms with Crippen LogP contribution in [0.4, 0.5) is 0 Å². The standard InChI is InChI=1S/C16H18N4O2S/c21-14-1-2-16(3-6-22-11-16)10-20(14)8-12-9-23-15(19-12)13-7-17-4-5-18-13/h4-5,7,9H,1-3,6,8,10-11H2. The molecule has 6 nitrogen and oxygen atoms in total. The number of hydrogen-bond acceptors (Lipinski definition) is 6. The summed E-state index contributed by atoms with van der Waals surface area (Å²) in [4.78, 5) is 27.1. The van der Waals surface area contributed by atoms with E-state index >= 15 is 0 Å². The number of hydrogen-bond donors (Lipinski definition) is 0. The van der Waals surface area contributed by atoms with Gasteiger partial charge in [0.1, 0.15) is 10.7 Å². The second-order valence-corrected chi connectivity index (χ2v) is 7.15. The largest absolute Gasteiger partial charge is 0.381 e. The van der Waals surface area contributed by atoms with Crippen molar-refractivity contribution in [2.75, 3.05) is 19.8 Å². The second kappa shape index (κ2) is 5.98. The minimum absolute atomic E-state index is 0.164. The lowest BCUT2D eigenvalue weighted by molar-refractivity contribution is -0.138. The first-order valence-corrected chi connectivity index (χ1v) is 8.68. The molecule has 1 atom stereocenters. The number of carbonyl (C=O) groups excluding carboxylic acids is 1. The molecule has 2 saturated heterocycles. The summed E-state index contributed by atoms with van der Waals surface area (Å²) in [5, 5.41) is 2.85. The molecule has 0 radical (unpaired) electrons. The van der Waals surface area contributed by atoms with Gasteiger partial charge in [0.25, 0.3) is 0 Å². The molecule has 2 aliphatic heterocycles. The summed E-state index contributed by atoms with van der Waals surface area (Å²) in [5.41, 5.74) is 1.85. The number of amides is 1. The van der Waals surface area contributed by atoms with E-state index in [0.717, 1.165) is 49.0 Å². The minimum Gasteiger partial charge on any atom is -0.381 e. The summed E-state index contributed by atoms with van der Waals surface area (Å²) in [6.07, 6.45) is 7.63. The average Bonchev–Trinajstić information content (AvgIpc) is 3.22. The smallest absolute Gasteiger partial charge is 0.222 e. The quantitative estimate of drug-likeness (QED) is 0.862. The van der Waals surface area contributed by atoms with Gasteiger partial charge in [-0.2, -0.15) is 0 Å². The summed E-state index contributed by atoms with van der Waals surface area (Å²) in [6, 6.07) is 0. The monoisotopic (exact) mass is 330 g/mol. The van der Waals surface area contributed by atoms with Crippen LogP contribution in [0.15, 0.2) is 24.0 Å². The van der Waals surface area contributed by atoms with E-state index in [9.17, 15) is 4.79 Å². The molecule has 1 amide bonds. The van der Waals surface area contributed by atoms with Crippen molar-refractivity contribution in [2.45, 2.75) is 25.8 Å². The van der Waals surface area contributed by atoms with Crippen LogP contribution in [0.5, 0.6) is 0 Å². The third kappa shape index (κ3) is 2.98. The van der Waals surface area contributed by atoms with Gasteiger partial charge in [0, 0.05) is 42.8 Å². The van der Waals surface area contributed by atoms with Gasteiger partial charge in [-0.3, -0.25) is 14.8 Å². The first-order valence-electron chi connectivity index (χ1n) is 7.80. The zero-order valence-electron chi connectivity index (χ0n) is 12.8. The first kappa shape index (κ1) is 14.7. The van der Waals surface area contributed by atoms with E-state index in [1.807, 2.05) is 10.3 Å². The van der Waals surface area contributed by atoms with E-state index in [1.54, 1.807) is 18.6 Å². The van der Waals surface area contributed by atoms with Gasteiger partial charge in [-0.05, 0) is 12.8 Å². The molecule has 2 aromatic heterocycles. The maximum Gasteiger partial charge on any atom is 0.222 e. The Balaban J connectivity index is 1.49. The number of likely N-dealkylation sites (tertiary alicyclic amines) is 1. The van der Waals surface area contributed by atoms with Crippen molar-refractivity contribution in [3.05, 3.63) is 29.7 Å². The van der Waals surface area contributed by atoms with Crippen LogP contribution in [-0.2, 0) is 16.1 Å². The minimum atomic E-state index is 0.164. The van der Waals surface area contributed by atoms with Crippen molar-refractivity contribution < 1.29 is 9.53 Å². The maximum absolute atomic E-state index is 12.3. The maximum atomic E-state index is 12.3. The van der Waals surface area contributed by atoms with Crippen LogP contribution < -0.4 is 0 Å². The van der Waals surface area contributed by atoms with Gasteiger partial charge in [0.2, 0.25) is 5.91 Å². The van der Waals surface area contributed by atoms with Gasteiger partial charge in [-0.15, -0.1) is 11.3 Å². The molecule has 7 heteroatoms. The Labute approximate surface area is 138 Å². The molecule has 0 N–H and O–H groups in total. The van der Waals surface area contributed by atoms with E-state index < -0.39 is 0 Å². The van der Waals surface area contributed by atoms with Crippen molar-refractivity contribution in [2.24, 2.45) is 5.41 Å². The van der Waals surface area contributed by atoms with Crippen LogP contribution in [0, 0.1) is 5.41 Å². The summed E-state index contributed by atoms with van der Waals surface area (Å²) in [7, 11) is 0. The molecular formula is C16H18N4O2S. The molecule has 2 aliphatic rings. The highest BCUT2D eigenvalue weighted by Crippen LogP contribution is 2.38. The van der Waals surface area contributed by atoms with Crippen LogP contribution in [0.2, 0.25) is 0 Å². The molecule has 0 aromatic carbocycles.